The van der Waals surface area contributed by atoms with Crippen molar-refractivity contribution in [2.24, 2.45) is 0 Å². The number of nitrogens with one attached hydrogen (secondary N) is 1. The first kappa shape index (κ1) is 13.0. The number of hydrogen-bond donors (Lipinski definition) is 2. The van der Waals surface area contributed by atoms with Crippen LogP contribution in [-0.4, -0.2) is 20.1 Å². The quantitative estimate of drug-likeness (QED) is 0.722. The Hall–Kier alpha value is -1.99. The van der Waals surface area contributed by atoms with E-state index in [-0.39, 0.29) is 0 Å². The van der Waals surface area contributed by atoms with E-state index in [0.29, 0.717) is 27.3 Å². The average Bonchev–Trinajstić information content (AvgIpc) is 2.82. The summed E-state index contributed by atoms with van der Waals surface area (Å²) in [6.07, 6.45) is 2.55. The summed E-state index contributed by atoms with van der Waals surface area (Å²) in [5, 5.41) is 10.3. The summed E-state index contributed by atoms with van der Waals surface area (Å²) in [7, 11) is 0. The number of thioether (sulfide) groups is 1. The fraction of sp³-hybridized carbons (Fsp3) is 0.0833. The molecule has 3 aromatic rings. The van der Waals surface area contributed by atoms with Crippen LogP contribution in [-0.2, 0) is 5.75 Å². The maximum absolute atomic E-state index is 11.3. The molecule has 6 nitrogen and oxygen atoms in total. The Morgan fingerprint density at radius 2 is 2.30 bits per heavy atom. The van der Waals surface area contributed by atoms with E-state index in [1.165, 1.54) is 24.0 Å². The van der Waals surface area contributed by atoms with Gasteiger partial charge in [-0.25, -0.2) is 9.97 Å². The molecule has 3 heterocycles. The number of hydrogen-bond acceptors (Lipinski definition) is 6. The van der Waals surface area contributed by atoms with Gasteiger partial charge < -0.3 is 14.5 Å². The molecule has 0 aromatic carbocycles. The molecule has 0 unspecified atom stereocenters. The second-order valence-electron chi connectivity index (χ2n) is 3.95. The van der Waals surface area contributed by atoms with Crippen molar-refractivity contribution in [3.8, 4) is 5.75 Å². The number of imidazole rings is 1. The van der Waals surface area contributed by atoms with E-state index in [0.717, 1.165) is 11.8 Å². The van der Waals surface area contributed by atoms with Gasteiger partial charge in [0.2, 0.25) is 5.43 Å². The van der Waals surface area contributed by atoms with Crippen molar-refractivity contribution in [3.05, 3.63) is 45.6 Å². The lowest BCUT2D eigenvalue weighted by Crippen LogP contribution is -1.99. The van der Waals surface area contributed by atoms with Crippen LogP contribution in [0.25, 0.3) is 11.2 Å². The Labute approximate surface area is 121 Å². The van der Waals surface area contributed by atoms with Crippen molar-refractivity contribution in [2.75, 3.05) is 0 Å². The van der Waals surface area contributed by atoms with Crippen LogP contribution in [0.1, 0.15) is 5.76 Å². The van der Waals surface area contributed by atoms with Crippen LogP contribution in [0.4, 0.5) is 0 Å². The first-order valence-corrected chi connectivity index (χ1v) is 6.93. The number of aromatic nitrogens is 3. The van der Waals surface area contributed by atoms with Gasteiger partial charge in [-0.05, 0) is 6.07 Å². The maximum Gasteiger partial charge on any atom is 0.226 e. The molecule has 0 radical (unpaired) electrons. The summed E-state index contributed by atoms with van der Waals surface area (Å²) in [6, 6.07) is 2.99. The summed E-state index contributed by atoms with van der Waals surface area (Å²) < 4.78 is 5.10. The fourth-order valence-electron chi connectivity index (χ4n) is 1.58. The third kappa shape index (κ3) is 2.63. The molecule has 3 rings (SSSR count). The monoisotopic (exact) mass is 309 g/mol. The standard InChI is InChI=1S/C12H8ClN3O3S/c13-6-1-8-11(14-3-6)16-12(15-8)20-5-7-2-9(17)10(18)4-19-7/h1-4,18H,5H2,(H,14,15,16). The zero-order valence-corrected chi connectivity index (χ0v) is 11.5. The third-order valence-electron chi connectivity index (χ3n) is 2.50. The van der Waals surface area contributed by atoms with Gasteiger partial charge in [0.05, 0.1) is 16.3 Å². The lowest BCUT2D eigenvalue weighted by atomic mass is 10.4. The highest BCUT2D eigenvalue weighted by Gasteiger charge is 2.07. The van der Waals surface area contributed by atoms with Gasteiger partial charge in [0, 0.05) is 12.3 Å². The molecule has 0 atom stereocenters. The van der Waals surface area contributed by atoms with Crippen LogP contribution < -0.4 is 5.43 Å². The van der Waals surface area contributed by atoms with E-state index < -0.39 is 11.2 Å². The topological polar surface area (TPSA) is 92.0 Å². The van der Waals surface area contributed by atoms with Crippen molar-refractivity contribution in [3.63, 3.8) is 0 Å². The van der Waals surface area contributed by atoms with Gasteiger partial charge in [-0.2, -0.15) is 0 Å². The molecule has 0 saturated heterocycles. The van der Waals surface area contributed by atoms with Crippen molar-refractivity contribution in [2.45, 2.75) is 10.9 Å². The molecule has 0 aliphatic heterocycles. The van der Waals surface area contributed by atoms with Gasteiger partial charge in [-0.3, -0.25) is 4.79 Å². The highest BCUT2D eigenvalue weighted by atomic mass is 35.5. The zero-order chi connectivity index (χ0) is 14.1. The highest BCUT2D eigenvalue weighted by Crippen LogP contribution is 2.23. The molecule has 8 heteroatoms. The minimum absolute atomic E-state index is 0.402. The second kappa shape index (κ2) is 5.18. The number of pyridine rings is 1. The van der Waals surface area contributed by atoms with Gasteiger partial charge in [-0.15, -0.1) is 0 Å². The Morgan fingerprint density at radius 1 is 1.45 bits per heavy atom. The highest BCUT2D eigenvalue weighted by molar-refractivity contribution is 7.98. The van der Waals surface area contributed by atoms with Gasteiger partial charge in [0.25, 0.3) is 0 Å². The van der Waals surface area contributed by atoms with Crippen molar-refractivity contribution in [1.82, 2.24) is 15.0 Å². The smallest absolute Gasteiger partial charge is 0.226 e. The molecule has 0 aliphatic carbocycles. The fourth-order valence-corrected chi connectivity index (χ4v) is 2.50. The molecular weight excluding hydrogens is 302 g/mol. The minimum Gasteiger partial charge on any atom is -0.502 e. The SMILES string of the molecule is O=c1cc(CSc2nc3ncc(Cl)cc3[nH]2)occ1O. The molecule has 0 bridgehead atoms. The predicted octanol–water partition coefficient (Wildman–Crippen LogP) is 2.56. The molecule has 3 aromatic heterocycles. The van der Waals surface area contributed by atoms with E-state index >= 15 is 0 Å². The number of nitrogens with zero attached hydrogens (tertiary/aromatic N) is 2. The van der Waals surface area contributed by atoms with Crippen LogP contribution in [0.5, 0.6) is 5.75 Å². The Bertz CT molecular complexity index is 830. The molecule has 0 amide bonds. The van der Waals surface area contributed by atoms with Crippen LogP contribution in [0, 0.1) is 0 Å². The molecule has 20 heavy (non-hydrogen) atoms. The summed E-state index contributed by atoms with van der Waals surface area (Å²) in [4.78, 5) is 22.7. The van der Waals surface area contributed by atoms with E-state index in [2.05, 4.69) is 15.0 Å². The number of aromatic amines is 1. The van der Waals surface area contributed by atoms with Crippen LogP contribution in [0.3, 0.4) is 0 Å². The largest absolute Gasteiger partial charge is 0.502 e. The molecule has 0 spiro atoms. The first-order chi connectivity index (χ1) is 9.61. The van der Waals surface area contributed by atoms with E-state index in [1.54, 1.807) is 6.07 Å². The van der Waals surface area contributed by atoms with E-state index in [9.17, 15) is 4.79 Å². The summed E-state index contributed by atoms with van der Waals surface area (Å²) in [5.41, 5.74) is 0.848. The van der Waals surface area contributed by atoms with Gasteiger partial charge in [0.15, 0.2) is 16.6 Å². The average molecular weight is 310 g/mol. The molecule has 0 fully saturated rings. The van der Waals surface area contributed by atoms with Gasteiger partial charge >= 0.3 is 0 Å². The van der Waals surface area contributed by atoms with Crippen molar-refractivity contribution >= 4 is 34.5 Å². The third-order valence-corrected chi connectivity index (χ3v) is 3.60. The minimum atomic E-state index is -0.468. The van der Waals surface area contributed by atoms with Crippen molar-refractivity contribution < 1.29 is 9.52 Å². The van der Waals surface area contributed by atoms with Gasteiger partial charge in [-0.1, -0.05) is 23.4 Å². The van der Waals surface area contributed by atoms with Crippen LogP contribution in [0.15, 0.2) is 39.0 Å². The predicted molar refractivity (Wildman–Crippen MR) is 75.1 cm³/mol. The number of H-pyrrole nitrogens is 1. The van der Waals surface area contributed by atoms with Crippen LogP contribution in [0.2, 0.25) is 5.02 Å². The summed E-state index contributed by atoms with van der Waals surface area (Å²) in [6.45, 7) is 0. The molecule has 2 N–H and O–H groups in total. The summed E-state index contributed by atoms with van der Waals surface area (Å²) in [5.74, 6) is 0.453. The van der Waals surface area contributed by atoms with E-state index in [4.69, 9.17) is 21.1 Å². The van der Waals surface area contributed by atoms with E-state index in [1.807, 2.05) is 0 Å². The Kier molecular flexibility index (Phi) is 3.37. The van der Waals surface area contributed by atoms with Crippen LogP contribution >= 0.6 is 23.4 Å². The molecule has 0 aliphatic rings. The number of aromatic hydroxyl groups is 1. The second-order valence-corrected chi connectivity index (χ2v) is 5.35. The Morgan fingerprint density at radius 3 is 3.10 bits per heavy atom. The normalized spacial score (nSPS) is 11.1. The Balaban J connectivity index is 1.79. The lowest BCUT2D eigenvalue weighted by molar-refractivity contribution is 0.419. The summed E-state index contributed by atoms with van der Waals surface area (Å²) >= 11 is 7.20. The van der Waals surface area contributed by atoms with Gasteiger partial charge in [0.1, 0.15) is 12.0 Å². The number of rotatable bonds is 3. The number of halogens is 1. The molecule has 102 valence electrons. The van der Waals surface area contributed by atoms with Crippen molar-refractivity contribution in [1.29, 1.82) is 0 Å². The zero-order valence-electron chi connectivity index (χ0n) is 9.96. The lowest BCUT2D eigenvalue weighted by Gasteiger charge is -1.97. The number of fused-ring (bicyclic) bond motifs is 1. The molecular formula is C12H8ClN3O3S. The first-order valence-electron chi connectivity index (χ1n) is 5.56. The maximum atomic E-state index is 11.3. The molecule has 0 saturated carbocycles.